The van der Waals surface area contributed by atoms with Gasteiger partial charge in [0.25, 0.3) is 0 Å². The minimum atomic E-state index is -3.99. The second-order valence-corrected chi connectivity index (χ2v) is 10.8. The normalized spacial score (nSPS) is 22.4. The first kappa shape index (κ1) is 23.6. The Labute approximate surface area is 197 Å². The highest BCUT2D eigenvalue weighted by molar-refractivity contribution is 7.91. The molecule has 0 spiro atoms. The summed E-state index contributed by atoms with van der Waals surface area (Å²) in [6.45, 7) is 1.95. The molecule has 0 aliphatic carbocycles. The molecular formula is C24H24ClFN2O4S. The highest BCUT2D eigenvalue weighted by atomic mass is 35.5. The lowest BCUT2D eigenvalue weighted by molar-refractivity contribution is -0.120. The molecular weight excluding hydrogens is 467 g/mol. The topological polar surface area (TPSA) is 98.8 Å². The number of halogens is 2. The molecule has 2 aliphatic heterocycles. The Morgan fingerprint density at radius 2 is 1.97 bits per heavy atom. The summed E-state index contributed by atoms with van der Waals surface area (Å²) in [5.41, 5.74) is 8.06. The molecule has 2 atom stereocenters. The van der Waals surface area contributed by atoms with Gasteiger partial charge in [0.1, 0.15) is 5.82 Å². The van der Waals surface area contributed by atoms with E-state index in [1.807, 2.05) is 19.1 Å². The van der Waals surface area contributed by atoms with Crippen LogP contribution in [0.3, 0.4) is 0 Å². The van der Waals surface area contributed by atoms with Crippen molar-refractivity contribution in [3.8, 4) is 0 Å². The van der Waals surface area contributed by atoms with Gasteiger partial charge in [-0.2, -0.15) is 0 Å². The Kier molecular flexibility index (Phi) is 6.70. The van der Waals surface area contributed by atoms with Crippen LogP contribution in [0.15, 0.2) is 52.5 Å². The molecule has 0 radical (unpaired) electrons. The highest BCUT2D eigenvalue weighted by Crippen LogP contribution is 2.37. The molecule has 2 heterocycles. The van der Waals surface area contributed by atoms with Crippen LogP contribution in [-0.2, 0) is 25.9 Å². The maximum atomic E-state index is 15.1. The maximum absolute atomic E-state index is 15.1. The van der Waals surface area contributed by atoms with Gasteiger partial charge in [-0.25, -0.2) is 12.8 Å². The maximum Gasteiger partial charge on any atom is 0.180 e. The summed E-state index contributed by atoms with van der Waals surface area (Å²) in [5.74, 6) is -1.94. The van der Waals surface area contributed by atoms with Crippen LogP contribution in [0, 0.1) is 5.82 Å². The lowest BCUT2D eigenvalue weighted by Gasteiger charge is -2.26. The summed E-state index contributed by atoms with van der Waals surface area (Å²) in [5, 5.41) is 4.58. The first-order valence-corrected chi connectivity index (χ1v) is 12.7. The van der Waals surface area contributed by atoms with Crippen LogP contribution in [0.2, 0.25) is 5.02 Å². The van der Waals surface area contributed by atoms with Gasteiger partial charge in [-0.15, -0.1) is 0 Å². The number of benzene rings is 2. The van der Waals surface area contributed by atoms with Crippen LogP contribution in [0.1, 0.15) is 48.8 Å². The van der Waals surface area contributed by atoms with Gasteiger partial charge >= 0.3 is 0 Å². The fourth-order valence-corrected chi connectivity index (χ4v) is 5.96. The van der Waals surface area contributed by atoms with Crippen molar-refractivity contribution in [2.75, 3.05) is 5.75 Å². The van der Waals surface area contributed by atoms with Crippen LogP contribution in [0.4, 0.5) is 4.39 Å². The summed E-state index contributed by atoms with van der Waals surface area (Å²) >= 11 is 5.99. The molecule has 4 rings (SSSR count). The van der Waals surface area contributed by atoms with Crippen molar-refractivity contribution in [2.24, 2.45) is 10.9 Å². The molecule has 0 saturated carbocycles. The Bertz CT molecular complexity index is 1260. The van der Waals surface area contributed by atoms with Crippen molar-refractivity contribution in [2.45, 2.75) is 49.5 Å². The van der Waals surface area contributed by atoms with Gasteiger partial charge < -0.3 is 10.6 Å². The Balaban J connectivity index is 1.83. The molecule has 33 heavy (non-hydrogen) atoms. The fraction of sp³-hybridized carbons (Fsp3) is 0.333. The van der Waals surface area contributed by atoms with Gasteiger partial charge in [-0.1, -0.05) is 35.8 Å². The number of hydrogen-bond acceptors (Lipinski definition) is 6. The molecule has 0 amide bonds. The zero-order chi connectivity index (χ0) is 23.8. The number of ketones is 1. The molecule has 0 fully saturated rings. The van der Waals surface area contributed by atoms with E-state index in [0.717, 1.165) is 17.3 Å². The zero-order valence-electron chi connectivity index (χ0n) is 18.1. The first-order valence-electron chi connectivity index (χ1n) is 10.7. The molecule has 2 aromatic carbocycles. The van der Waals surface area contributed by atoms with Crippen molar-refractivity contribution in [1.82, 2.24) is 0 Å². The van der Waals surface area contributed by atoms with Crippen molar-refractivity contribution in [1.29, 1.82) is 0 Å². The molecule has 2 aliphatic rings. The highest BCUT2D eigenvalue weighted by Gasteiger charge is 2.35. The lowest BCUT2D eigenvalue weighted by atomic mass is 9.85. The van der Waals surface area contributed by atoms with Crippen LogP contribution >= 0.6 is 11.6 Å². The van der Waals surface area contributed by atoms with Crippen molar-refractivity contribution < 1.29 is 22.4 Å². The molecule has 0 bridgehead atoms. The smallest absolute Gasteiger partial charge is 0.180 e. The van der Waals surface area contributed by atoms with Gasteiger partial charge in [0.2, 0.25) is 0 Å². The SMILES string of the molecule is CCC1=NOC(c2cc3c(cc2F)S(=O)(=O)C[C@H](N)C(=O)CC3Cc2ccc(Cl)cc2)=CC1. The van der Waals surface area contributed by atoms with Gasteiger partial charge in [0, 0.05) is 17.9 Å². The molecule has 0 aromatic heterocycles. The molecule has 6 nitrogen and oxygen atoms in total. The van der Waals surface area contributed by atoms with E-state index in [2.05, 4.69) is 5.16 Å². The largest absolute Gasteiger partial charge is 0.357 e. The number of carbonyl (C=O) groups is 1. The van der Waals surface area contributed by atoms with Crippen LogP contribution in [-0.4, -0.2) is 31.7 Å². The van der Waals surface area contributed by atoms with Crippen LogP contribution in [0.5, 0.6) is 0 Å². The summed E-state index contributed by atoms with van der Waals surface area (Å²) in [6, 6.07) is 8.42. The third-order valence-corrected chi connectivity index (χ3v) is 8.07. The third kappa shape index (κ3) is 5.03. The number of fused-ring (bicyclic) bond motifs is 1. The summed E-state index contributed by atoms with van der Waals surface area (Å²) in [6.07, 6.45) is 3.35. The Hall–Kier alpha value is -2.55. The Morgan fingerprint density at radius 1 is 1.24 bits per heavy atom. The van der Waals surface area contributed by atoms with Crippen LogP contribution in [0.25, 0.3) is 5.76 Å². The minimum absolute atomic E-state index is 0.0371. The van der Waals surface area contributed by atoms with Crippen LogP contribution < -0.4 is 5.73 Å². The number of rotatable bonds is 4. The van der Waals surface area contributed by atoms with E-state index < -0.39 is 33.4 Å². The quantitative estimate of drug-likeness (QED) is 0.684. The zero-order valence-corrected chi connectivity index (χ0v) is 19.6. The van der Waals surface area contributed by atoms with Crippen molar-refractivity contribution in [3.63, 3.8) is 0 Å². The van der Waals surface area contributed by atoms with Gasteiger partial charge in [-0.3, -0.25) is 4.79 Å². The number of nitrogens with two attached hydrogens (primary N) is 1. The second kappa shape index (κ2) is 9.37. The molecule has 2 aromatic rings. The molecule has 1 unspecified atom stereocenters. The van der Waals surface area contributed by atoms with Gasteiger partial charge in [0.15, 0.2) is 21.4 Å². The van der Waals surface area contributed by atoms with E-state index in [9.17, 15) is 13.2 Å². The number of sulfone groups is 1. The van der Waals surface area contributed by atoms with Gasteiger partial charge in [0.05, 0.1) is 28.0 Å². The second-order valence-electron chi connectivity index (χ2n) is 8.33. The van der Waals surface area contributed by atoms with E-state index in [1.165, 1.54) is 6.07 Å². The number of hydrogen-bond donors (Lipinski definition) is 1. The first-order chi connectivity index (χ1) is 15.7. The van der Waals surface area contributed by atoms with E-state index >= 15 is 4.39 Å². The summed E-state index contributed by atoms with van der Waals surface area (Å²) in [4.78, 5) is 18.0. The van der Waals surface area contributed by atoms with E-state index in [-0.39, 0.29) is 28.4 Å². The average molecular weight is 491 g/mol. The standard InChI is InChI=1S/C24H24ClFN2O4S/c1-2-17-7-8-23(32-28-17)19-11-18-15(9-14-3-5-16(25)6-4-14)10-22(29)21(27)13-33(30,31)24(18)12-20(19)26/h3-6,8,11-12,15,21H,2,7,9-10,13,27H2,1H3/t15?,21-/m0/s1. The molecule has 174 valence electrons. The summed E-state index contributed by atoms with van der Waals surface area (Å²) < 4.78 is 41.3. The molecule has 2 N–H and O–H groups in total. The Morgan fingerprint density at radius 3 is 2.61 bits per heavy atom. The number of carbonyl (C=O) groups excluding carboxylic acids is 1. The van der Waals surface area contributed by atoms with E-state index in [0.29, 0.717) is 29.8 Å². The fourth-order valence-electron chi connectivity index (χ4n) is 4.13. The minimum Gasteiger partial charge on any atom is -0.357 e. The van der Waals surface area contributed by atoms with Gasteiger partial charge in [-0.05, 0) is 60.2 Å². The monoisotopic (exact) mass is 490 g/mol. The van der Waals surface area contributed by atoms with Crippen molar-refractivity contribution in [3.05, 3.63) is 70.0 Å². The van der Waals surface area contributed by atoms with E-state index in [1.54, 1.807) is 18.2 Å². The lowest BCUT2D eigenvalue weighted by Crippen LogP contribution is -2.40. The predicted molar refractivity (Wildman–Crippen MR) is 125 cm³/mol. The predicted octanol–water partition coefficient (Wildman–Crippen LogP) is 4.41. The number of Topliss-reactive ketones (excluding diaryl/α,β-unsaturated/α-hetero) is 1. The van der Waals surface area contributed by atoms with E-state index in [4.69, 9.17) is 22.2 Å². The number of oxime groups is 1. The molecule has 9 heteroatoms. The number of nitrogens with zero attached hydrogens (tertiary/aromatic N) is 1. The average Bonchev–Trinajstić information content (AvgIpc) is 2.79. The third-order valence-electron chi connectivity index (χ3n) is 6.00. The number of allylic oxidation sites excluding steroid dienone is 1. The molecule has 0 saturated heterocycles. The summed E-state index contributed by atoms with van der Waals surface area (Å²) in [7, 11) is -3.99. The van der Waals surface area contributed by atoms with Crippen molar-refractivity contribution >= 4 is 38.7 Å².